The topological polar surface area (TPSA) is 65.0 Å². The molecule has 5 nitrogen and oxygen atoms in total. The molecular formula is C51H31N3O2. The second-order valence-corrected chi connectivity index (χ2v) is 14.0. The van der Waals surface area contributed by atoms with Gasteiger partial charge in [-0.05, 0) is 76.3 Å². The summed E-state index contributed by atoms with van der Waals surface area (Å²) in [6, 6.07) is 60.6. The highest BCUT2D eigenvalue weighted by Gasteiger charge is 2.19. The van der Waals surface area contributed by atoms with Gasteiger partial charge in [-0.15, -0.1) is 0 Å². The Hall–Kier alpha value is -7.63. The number of benzene rings is 7. The monoisotopic (exact) mass is 717 g/mol. The molecule has 0 saturated carbocycles. The Morgan fingerprint density at radius 3 is 1.77 bits per heavy atom. The maximum atomic E-state index is 6.68. The number of rotatable bonds is 6. The lowest BCUT2D eigenvalue weighted by molar-refractivity contribution is 0.668. The fourth-order valence-corrected chi connectivity index (χ4v) is 7.95. The van der Waals surface area contributed by atoms with Crippen LogP contribution in [0.25, 0.3) is 111 Å². The van der Waals surface area contributed by atoms with Gasteiger partial charge < -0.3 is 8.83 Å². The van der Waals surface area contributed by atoms with Gasteiger partial charge in [0.1, 0.15) is 22.3 Å². The molecule has 5 heteroatoms. The van der Waals surface area contributed by atoms with Crippen molar-refractivity contribution in [1.29, 1.82) is 0 Å². The highest BCUT2D eigenvalue weighted by Crippen LogP contribution is 2.43. The third-order valence-electron chi connectivity index (χ3n) is 10.7. The summed E-state index contributed by atoms with van der Waals surface area (Å²) in [6.45, 7) is 0. The number of pyridine rings is 1. The Morgan fingerprint density at radius 1 is 0.339 bits per heavy atom. The van der Waals surface area contributed by atoms with Gasteiger partial charge in [0.2, 0.25) is 0 Å². The Balaban J connectivity index is 1.03. The van der Waals surface area contributed by atoms with E-state index < -0.39 is 0 Å². The summed E-state index contributed by atoms with van der Waals surface area (Å²) in [7, 11) is 0. The van der Waals surface area contributed by atoms with Crippen molar-refractivity contribution < 1.29 is 8.83 Å². The number of para-hydroxylation sites is 2. The molecule has 0 aliphatic rings. The molecule has 0 atom stereocenters. The van der Waals surface area contributed by atoms with E-state index in [1.165, 1.54) is 0 Å². The van der Waals surface area contributed by atoms with Crippen molar-refractivity contribution in [3.05, 3.63) is 188 Å². The summed E-state index contributed by atoms with van der Waals surface area (Å²) >= 11 is 0. The van der Waals surface area contributed by atoms with Gasteiger partial charge in [-0.3, -0.25) is 4.98 Å². The third-order valence-corrected chi connectivity index (χ3v) is 10.7. The highest BCUT2D eigenvalue weighted by molar-refractivity contribution is 6.17. The van der Waals surface area contributed by atoms with E-state index in [0.717, 1.165) is 105 Å². The van der Waals surface area contributed by atoms with Crippen LogP contribution in [0.3, 0.4) is 0 Å². The SMILES string of the molecule is c1ccc(-c2nc(-c3ccc(-c4ccc(-c5ccc6c(c5)oc5ccccc56)c5c4oc4ccccc45)cc3)cc(-c3ccccc3-c3ccncc3)n2)cc1. The third kappa shape index (κ3) is 5.37. The van der Waals surface area contributed by atoms with Crippen LogP contribution in [-0.2, 0) is 0 Å². The Morgan fingerprint density at radius 2 is 0.946 bits per heavy atom. The summed E-state index contributed by atoms with van der Waals surface area (Å²) < 4.78 is 13.0. The van der Waals surface area contributed by atoms with Gasteiger partial charge in [-0.2, -0.15) is 0 Å². The van der Waals surface area contributed by atoms with Crippen molar-refractivity contribution in [1.82, 2.24) is 15.0 Å². The number of nitrogens with zero attached hydrogens (tertiary/aromatic N) is 3. The molecule has 0 aliphatic carbocycles. The van der Waals surface area contributed by atoms with Crippen LogP contribution >= 0.6 is 0 Å². The highest BCUT2D eigenvalue weighted by atomic mass is 16.3. The number of aromatic nitrogens is 3. The molecule has 0 bridgehead atoms. The quantitative estimate of drug-likeness (QED) is 0.171. The molecule has 0 unspecified atom stereocenters. The van der Waals surface area contributed by atoms with Crippen molar-refractivity contribution in [2.24, 2.45) is 0 Å². The summed E-state index contributed by atoms with van der Waals surface area (Å²) in [6.07, 6.45) is 3.64. The average molecular weight is 718 g/mol. The van der Waals surface area contributed by atoms with Gasteiger partial charge in [0.25, 0.3) is 0 Å². The van der Waals surface area contributed by atoms with Crippen LogP contribution in [0.5, 0.6) is 0 Å². The molecule has 0 spiro atoms. The van der Waals surface area contributed by atoms with Crippen LogP contribution < -0.4 is 0 Å². The molecule has 0 amide bonds. The zero-order valence-corrected chi connectivity index (χ0v) is 30.1. The largest absolute Gasteiger partial charge is 0.456 e. The lowest BCUT2D eigenvalue weighted by Gasteiger charge is -2.13. The first kappa shape index (κ1) is 31.9. The van der Waals surface area contributed by atoms with Crippen LogP contribution in [0.4, 0.5) is 0 Å². The molecule has 4 aromatic heterocycles. The lowest BCUT2D eigenvalue weighted by Crippen LogP contribution is -1.97. The van der Waals surface area contributed by atoms with E-state index in [4.69, 9.17) is 18.8 Å². The minimum atomic E-state index is 0.673. The average Bonchev–Trinajstić information content (AvgIpc) is 3.85. The molecule has 0 N–H and O–H groups in total. The molecule has 11 rings (SSSR count). The van der Waals surface area contributed by atoms with Crippen LogP contribution in [0, 0.1) is 0 Å². The smallest absolute Gasteiger partial charge is 0.160 e. The predicted octanol–water partition coefficient (Wildman–Crippen LogP) is 13.7. The van der Waals surface area contributed by atoms with Crippen LogP contribution in [0.15, 0.2) is 197 Å². The van der Waals surface area contributed by atoms with E-state index in [-0.39, 0.29) is 0 Å². The van der Waals surface area contributed by atoms with E-state index >= 15 is 0 Å². The van der Waals surface area contributed by atoms with E-state index in [1.54, 1.807) is 0 Å². The molecular weight excluding hydrogens is 687 g/mol. The van der Waals surface area contributed by atoms with Crippen LogP contribution in [-0.4, -0.2) is 15.0 Å². The first-order valence-electron chi connectivity index (χ1n) is 18.7. The van der Waals surface area contributed by atoms with Crippen LogP contribution in [0.2, 0.25) is 0 Å². The zero-order valence-electron chi connectivity index (χ0n) is 30.1. The van der Waals surface area contributed by atoms with Crippen molar-refractivity contribution in [2.75, 3.05) is 0 Å². The standard InChI is InChI=1S/C51H31N3O2/c1-2-10-35(11-3-1)51-53-44(31-45(54-51)40-13-5-4-12-37(40)33-26-28-52-29-27-33)34-20-18-32(19-21-34)39-25-24-38(49-43-15-7-9-17-47(43)56-50(39)49)36-22-23-42-41-14-6-8-16-46(41)55-48(42)30-36/h1-31H. The van der Waals surface area contributed by atoms with Crippen molar-refractivity contribution >= 4 is 43.9 Å². The molecule has 0 saturated heterocycles. The predicted molar refractivity (Wildman–Crippen MR) is 227 cm³/mol. The molecule has 7 aromatic carbocycles. The molecule has 262 valence electrons. The summed E-state index contributed by atoms with van der Waals surface area (Å²) in [5, 5.41) is 4.39. The van der Waals surface area contributed by atoms with Crippen molar-refractivity contribution in [2.45, 2.75) is 0 Å². The minimum Gasteiger partial charge on any atom is -0.456 e. The van der Waals surface area contributed by atoms with Gasteiger partial charge in [0.15, 0.2) is 5.82 Å². The maximum absolute atomic E-state index is 6.68. The van der Waals surface area contributed by atoms with E-state index in [9.17, 15) is 0 Å². The fourth-order valence-electron chi connectivity index (χ4n) is 7.95. The lowest BCUT2D eigenvalue weighted by atomic mass is 9.93. The van der Waals surface area contributed by atoms with Gasteiger partial charge in [0.05, 0.1) is 11.4 Å². The molecule has 4 heterocycles. The van der Waals surface area contributed by atoms with Gasteiger partial charge in [-0.1, -0.05) is 127 Å². The summed E-state index contributed by atoms with van der Waals surface area (Å²) in [5.41, 5.74) is 14.6. The molecule has 11 aromatic rings. The maximum Gasteiger partial charge on any atom is 0.160 e. The first-order valence-corrected chi connectivity index (χ1v) is 18.7. The Labute approximate surface area is 322 Å². The summed E-state index contributed by atoms with van der Waals surface area (Å²) in [4.78, 5) is 14.5. The molecule has 0 fully saturated rings. The second-order valence-electron chi connectivity index (χ2n) is 14.0. The fraction of sp³-hybridized carbons (Fsp3) is 0. The number of hydrogen-bond donors (Lipinski definition) is 0. The van der Waals surface area contributed by atoms with E-state index in [2.05, 4.69) is 126 Å². The Bertz CT molecular complexity index is 3240. The van der Waals surface area contributed by atoms with Crippen LogP contribution in [0.1, 0.15) is 0 Å². The normalized spacial score (nSPS) is 11.6. The van der Waals surface area contributed by atoms with Crippen molar-refractivity contribution in [3.63, 3.8) is 0 Å². The Kier molecular flexibility index (Phi) is 7.42. The number of furan rings is 2. The molecule has 0 radical (unpaired) electrons. The van der Waals surface area contributed by atoms with Crippen molar-refractivity contribution in [3.8, 4) is 67.3 Å². The first-order chi connectivity index (χ1) is 27.7. The van der Waals surface area contributed by atoms with E-state index in [0.29, 0.717) is 5.82 Å². The molecule has 0 aliphatic heterocycles. The van der Waals surface area contributed by atoms with Gasteiger partial charge in [0, 0.05) is 56.2 Å². The van der Waals surface area contributed by atoms with Gasteiger partial charge in [-0.25, -0.2) is 9.97 Å². The number of fused-ring (bicyclic) bond motifs is 6. The van der Waals surface area contributed by atoms with E-state index in [1.807, 2.05) is 67.0 Å². The van der Waals surface area contributed by atoms with Gasteiger partial charge >= 0.3 is 0 Å². The summed E-state index contributed by atoms with van der Waals surface area (Å²) in [5.74, 6) is 0.673. The second kappa shape index (κ2) is 13.0. The minimum absolute atomic E-state index is 0.673. The number of hydrogen-bond acceptors (Lipinski definition) is 5. The molecule has 56 heavy (non-hydrogen) atoms. The zero-order chi connectivity index (χ0) is 37.0.